The number of urea groups is 1. The molecule has 3 amide bonds. The maximum absolute atomic E-state index is 12.7. The molecule has 0 saturated carbocycles. The fourth-order valence-electron chi connectivity index (χ4n) is 1.86. The van der Waals surface area contributed by atoms with Crippen LogP contribution in [0.5, 0.6) is 0 Å². The summed E-state index contributed by atoms with van der Waals surface area (Å²) in [4.78, 5) is 33.6. The van der Waals surface area contributed by atoms with Gasteiger partial charge in [-0.2, -0.15) is 17.9 Å². The number of nitrogens with one attached hydrogen (secondary N) is 3. The number of amides is 3. The molecule has 0 unspecified atom stereocenters. The van der Waals surface area contributed by atoms with E-state index in [1.807, 2.05) is 12.2 Å². The topological polar surface area (TPSA) is 131 Å². The first kappa shape index (κ1) is 24.4. The summed E-state index contributed by atoms with van der Waals surface area (Å²) in [6.07, 6.45) is -3.19. The largest absolute Gasteiger partial charge is 0.455 e. The molecule has 162 valence electrons. The Bertz CT molecular complexity index is 843. The summed E-state index contributed by atoms with van der Waals surface area (Å²) in [5.74, 6) is -2.10. The summed E-state index contributed by atoms with van der Waals surface area (Å²) in [5, 5.41) is 4.30. The normalized spacial score (nSPS) is 11.6. The van der Waals surface area contributed by atoms with Crippen molar-refractivity contribution in [3.05, 3.63) is 29.8 Å². The van der Waals surface area contributed by atoms with Gasteiger partial charge in [0.25, 0.3) is 5.91 Å². The van der Waals surface area contributed by atoms with Crippen LogP contribution in [0.1, 0.15) is 25.3 Å². The average Bonchev–Trinajstić information content (AvgIpc) is 2.64. The van der Waals surface area contributed by atoms with Gasteiger partial charge < -0.3 is 10.1 Å². The minimum absolute atomic E-state index is 0.354. The van der Waals surface area contributed by atoms with Crippen LogP contribution in [0.15, 0.2) is 29.2 Å². The number of unbranched alkanes of at least 4 members (excludes halogenated alkanes) is 1. The molecule has 0 aromatic heterocycles. The molecule has 1 rings (SSSR count). The SMILES string of the molecule is CCCCNC(=O)NC(=O)COC(=O)CNS(=O)(=O)c1cccc(C(F)(F)F)c1. The van der Waals surface area contributed by atoms with E-state index in [2.05, 4.69) is 10.1 Å². The van der Waals surface area contributed by atoms with Crippen molar-refractivity contribution in [2.45, 2.75) is 30.8 Å². The third-order valence-electron chi connectivity index (χ3n) is 3.31. The predicted molar refractivity (Wildman–Crippen MR) is 94.0 cm³/mol. The molecule has 3 N–H and O–H groups in total. The van der Waals surface area contributed by atoms with E-state index >= 15 is 0 Å². The highest BCUT2D eigenvalue weighted by atomic mass is 32.2. The van der Waals surface area contributed by atoms with Gasteiger partial charge >= 0.3 is 18.2 Å². The zero-order valence-corrected chi connectivity index (χ0v) is 16.2. The molecule has 0 aliphatic carbocycles. The van der Waals surface area contributed by atoms with Crippen LogP contribution in [0, 0.1) is 0 Å². The molecule has 1 aromatic carbocycles. The summed E-state index contributed by atoms with van der Waals surface area (Å²) in [7, 11) is -4.42. The second kappa shape index (κ2) is 10.8. The van der Waals surface area contributed by atoms with Crippen molar-refractivity contribution < 1.29 is 40.7 Å². The molecule has 0 fully saturated rings. The van der Waals surface area contributed by atoms with Crippen molar-refractivity contribution in [3.8, 4) is 0 Å². The second-order valence-corrected chi connectivity index (χ2v) is 7.44. The second-order valence-electron chi connectivity index (χ2n) is 5.67. The fourth-order valence-corrected chi connectivity index (χ4v) is 2.87. The van der Waals surface area contributed by atoms with Gasteiger partial charge in [0.2, 0.25) is 10.0 Å². The number of benzene rings is 1. The molecule has 13 heteroatoms. The van der Waals surface area contributed by atoms with E-state index in [0.29, 0.717) is 25.1 Å². The molecule has 0 bridgehead atoms. The van der Waals surface area contributed by atoms with Gasteiger partial charge in [-0.05, 0) is 24.6 Å². The van der Waals surface area contributed by atoms with Crippen LogP contribution in [-0.4, -0.2) is 46.0 Å². The van der Waals surface area contributed by atoms with Gasteiger partial charge in [0.15, 0.2) is 6.61 Å². The maximum atomic E-state index is 12.7. The first-order valence-corrected chi connectivity index (χ1v) is 9.84. The molecule has 1 aromatic rings. The van der Waals surface area contributed by atoms with Crippen molar-refractivity contribution >= 4 is 27.9 Å². The number of esters is 1. The van der Waals surface area contributed by atoms with Crippen LogP contribution in [0.25, 0.3) is 0 Å². The molecule has 0 atom stereocenters. The zero-order valence-electron chi connectivity index (χ0n) is 15.3. The minimum atomic E-state index is -4.74. The van der Waals surface area contributed by atoms with Crippen molar-refractivity contribution in [1.82, 2.24) is 15.4 Å². The van der Waals surface area contributed by atoms with Crippen LogP contribution < -0.4 is 15.4 Å². The Morgan fingerprint density at radius 1 is 1.17 bits per heavy atom. The van der Waals surface area contributed by atoms with Gasteiger partial charge in [-0.25, -0.2) is 13.2 Å². The first-order valence-electron chi connectivity index (χ1n) is 8.36. The van der Waals surface area contributed by atoms with E-state index < -0.39 is 57.7 Å². The zero-order chi connectivity index (χ0) is 22.1. The van der Waals surface area contributed by atoms with Gasteiger partial charge in [-0.1, -0.05) is 19.4 Å². The van der Waals surface area contributed by atoms with Gasteiger partial charge in [-0.3, -0.25) is 14.9 Å². The predicted octanol–water partition coefficient (Wildman–Crippen LogP) is 1.15. The van der Waals surface area contributed by atoms with Gasteiger partial charge in [0.1, 0.15) is 6.54 Å². The summed E-state index contributed by atoms with van der Waals surface area (Å²) in [6.45, 7) is 0.498. The molecule has 0 radical (unpaired) electrons. The molecular formula is C16H20F3N3O6S. The van der Waals surface area contributed by atoms with Crippen LogP contribution in [0.2, 0.25) is 0 Å². The molecule has 0 spiro atoms. The molecule has 29 heavy (non-hydrogen) atoms. The number of hydrogen-bond donors (Lipinski definition) is 3. The molecule has 9 nitrogen and oxygen atoms in total. The standard InChI is InChI=1S/C16H20F3N3O6S/c1-2-3-7-20-15(25)22-13(23)10-28-14(24)9-21-29(26,27)12-6-4-5-11(8-12)16(17,18)19/h4-6,8,21H,2-3,7,9-10H2,1H3,(H2,20,22,23,25). The highest BCUT2D eigenvalue weighted by Gasteiger charge is 2.31. The highest BCUT2D eigenvalue weighted by molar-refractivity contribution is 7.89. The first-order chi connectivity index (χ1) is 13.5. The summed E-state index contributed by atoms with van der Waals surface area (Å²) in [6, 6.07) is 2.17. The highest BCUT2D eigenvalue weighted by Crippen LogP contribution is 2.30. The van der Waals surface area contributed by atoms with Crippen molar-refractivity contribution in [2.24, 2.45) is 0 Å². The van der Waals surface area contributed by atoms with Crippen LogP contribution in [0.3, 0.4) is 0 Å². The number of carbonyl (C=O) groups is 3. The number of halogens is 3. The third kappa shape index (κ3) is 8.91. The Labute approximate surface area is 165 Å². The lowest BCUT2D eigenvalue weighted by molar-refractivity contribution is -0.147. The summed E-state index contributed by atoms with van der Waals surface area (Å²) < 4.78 is 68.3. The molecule has 0 saturated heterocycles. The Morgan fingerprint density at radius 3 is 2.48 bits per heavy atom. The van der Waals surface area contributed by atoms with Crippen LogP contribution in [-0.2, 0) is 30.5 Å². The van der Waals surface area contributed by atoms with E-state index in [-0.39, 0.29) is 0 Å². The van der Waals surface area contributed by atoms with Gasteiger partial charge in [0.05, 0.1) is 10.5 Å². The van der Waals surface area contributed by atoms with E-state index in [1.165, 1.54) is 0 Å². The summed E-state index contributed by atoms with van der Waals surface area (Å²) in [5.41, 5.74) is -1.17. The number of imide groups is 1. The van der Waals surface area contributed by atoms with E-state index in [9.17, 15) is 36.0 Å². The van der Waals surface area contributed by atoms with Crippen LogP contribution in [0.4, 0.5) is 18.0 Å². The monoisotopic (exact) mass is 439 g/mol. The van der Waals surface area contributed by atoms with Crippen LogP contribution >= 0.6 is 0 Å². The number of alkyl halides is 3. The lowest BCUT2D eigenvalue weighted by atomic mass is 10.2. The Kier molecular flexibility index (Phi) is 9.04. The Hall–Kier alpha value is -2.67. The van der Waals surface area contributed by atoms with Gasteiger partial charge in [-0.15, -0.1) is 0 Å². The van der Waals surface area contributed by atoms with Gasteiger partial charge in [0, 0.05) is 6.54 Å². The summed E-state index contributed by atoms with van der Waals surface area (Å²) >= 11 is 0. The molecule has 0 aliphatic rings. The number of hydrogen-bond acceptors (Lipinski definition) is 6. The van der Waals surface area contributed by atoms with Crippen molar-refractivity contribution in [2.75, 3.05) is 19.7 Å². The van der Waals surface area contributed by atoms with Crippen molar-refractivity contribution in [3.63, 3.8) is 0 Å². The molecular weight excluding hydrogens is 419 g/mol. The number of sulfonamides is 1. The maximum Gasteiger partial charge on any atom is 0.416 e. The number of carbonyl (C=O) groups excluding carboxylic acids is 3. The Balaban J connectivity index is 2.49. The van der Waals surface area contributed by atoms with E-state index in [1.54, 1.807) is 4.72 Å². The van der Waals surface area contributed by atoms with E-state index in [0.717, 1.165) is 18.6 Å². The van der Waals surface area contributed by atoms with E-state index in [4.69, 9.17) is 0 Å². The minimum Gasteiger partial charge on any atom is -0.455 e. The lowest BCUT2D eigenvalue weighted by Gasteiger charge is -2.10. The Morgan fingerprint density at radius 2 is 1.86 bits per heavy atom. The number of rotatable bonds is 9. The molecule has 0 aliphatic heterocycles. The smallest absolute Gasteiger partial charge is 0.416 e. The third-order valence-corrected chi connectivity index (χ3v) is 4.71. The fraction of sp³-hybridized carbons (Fsp3) is 0.438. The van der Waals surface area contributed by atoms with Crippen molar-refractivity contribution in [1.29, 1.82) is 0 Å². The number of ether oxygens (including phenoxy) is 1. The quantitative estimate of drug-likeness (QED) is 0.391. The lowest BCUT2D eigenvalue weighted by Crippen LogP contribution is -2.42. The molecule has 0 heterocycles. The average molecular weight is 439 g/mol.